The summed E-state index contributed by atoms with van der Waals surface area (Å²) in [7, 11) is 1.74. The van der Waals surface area contributed by atoms with Gasteiger partial charge >= 0.3 is 12.0 Å². The van der Waals surface area contributed by atoms with Crippen molar-refractivity contribution in [1.82, 2.24) is 14.7 Å². The molecule has 1 unspecified atom stereocenters. The van der Waals surface area contributed by atoms with Gasteiger partial charge in [-0.05, 0) is 13.8 Å². The standard InChI is InChI=1S/C14H23N3O4/c1-9(11(18)19)10-7-16(8-10)13(21)17-6-5-15(4)12(20)14(17,2)3/h9-10H,5-8H2,1-4H3,(H,18,19). The summed E-state index contributed by atoms with van der Waals surface area (Å²) in [4.78, 5) is 40.5. The van der Waals surface area contributed by atoms with Crippen molar-refractivity contribution in [3.63, 3.8) is 0 Å². The van der Waals surface area contributed by atoms with Crippen molar-refractivity contribution in [2.24, 2.45) is 11.8 Å². The van der Waals surface area contributed by atoms with E-state index in [2.05, 4.69) is 0 Å². The molecule has 0 aromatic rings. The average molecular weight is 297 g/mol. The number of rotatable bonds is 2. The SMILES string of the molecule is CC(C(=O)O)C1CN(C(=O)N2CCN(C)C(=O)C2(C)C)C1. The number of aliphatic carboxylic acids is 1. The van der Waals surface area contributed by atoms with Crippen LogP contribution in [0.3, 0.4) is 0 Å². The van der Waals surface area contributed by atoms with E-state index in [1.807, 2.05) is 0 Å². The lowest BCUT2D eigenvalue weighted by Crippen LogP contribution is -2.68. The highest BCUT2D eigenvalue weighted by molar-refractivity contribution is 5.91. The predicted octanol–water partition coefficient (Wildman–Crippen LogP) is 0.312. The number of carboxylic acids is 1. The van der Waals surface area contributed by atoms with Crippen LogP contribution in [0.25, 0.3) is 0 Å². The molecule has 0 aromatic heterocycles. The van der Waals surface area contributed by atoms with Gasteiger partial charge in [-0.25, -0.2) is 4.79 Å². The molecule has 21 heavy (non-hydrogen) atoms. The van der Waals surface area contributed by atoms with Crippen molar-refractivity contribution in [1.29, 1.82) is 0 Å². The second-order valence-electron chi connectivity index (χ2n) is 6.51. The van der Waals surface area contributed by atoms with Gasteiger partial charge in [0.1, 0.15) is 5.54 Å². The number of hydrogen-bond acceptors (Lipinski definition) is 3. The fraction of sp³-hybridized carbons (Fsp3) is 0.786. The molecule has 0 bridgehead atoms. The number of likely N-dealkylation sites (tertiary alicyclic amines) is 1. The summed E-state index contributed by atoms with van der Waals surface area (Å²) in [5.74, 6) is -1.35. The number of carbonyl (C=O) groups excluding carboxylic acids is 2. The lowest BCUT2D eigenvalue weighted by atomic mass is 9.87. The Labute approximate surface area is 124 Å². The summed E-state index contributed by atoms with van der Waals surface area (Å²) in [6.07, 6.45) is 0. The van der Waals surface area contributed by atoms with Gasteiger partial charge in [0.25, 0.3) is 0 Å². The van der Waals surface area contributed by atoms with E-state index >= 15 is 0 Å². The molecular weight excluding hydrogens is 274 g/mol. The molecule has 2 aliphatic rings. The summed E-state index contributed by atoms with van der Waals surface area (Å²) < 4.78 is 0. The molecule has 118 valence electrons. The first-order chi connectivity index (χ1) is 9.66. The number of carbonyl (C=O) groups is 3. The molecule has 0 radical (unpaired) electrons. The van der Waals surface area contributed by atoms with Gasteiger partial charge in [-0.2, -0.15) is 0 Å². The van der Waals surface area contributed by atoms with Crippen LogP contribution in [0.4, 0.5) is 4.79 Å². The van der Waals surface area contributed by atoms with Gasteiger partial charge in [-0.15, -0.1) is 0 Å². The molecule has 2 fully saturated rings. The highest BCUT2D eigenvalue weighted by Gasteiger charge is 2.47. The van der Waals surface area contributed by atoms with E-state index in [0.717, 1.165) is 0 Å². The smallest absolute Gasteiger partial charge is 0.320 e. The van der Waals surface area contributed by atoms with Crippen LogP contribution in [0.5, 0.6) is 0 Å². The van der Waals surface area contributed by atoms with Crippen LogP contribution in [-0.4, -0.2) is 76.5 Å². The molecule has 0 aromatic carbocycles. The number of urea groups is 1. The Morgan fingerprint density at radius 1 is 1.29 bits per heavy atom. The molecule has 7 heteroatoms. The summed E-state index contributed by atoms with van der Waals surface area (Å²) >= 11 is 0. The van der Waals surface area contributed by atoms with E-state index < -0.39 is 17.4 Å². The van der Waals surface area contributed by atoms with Crippen LogP contribution in [0, 0.1) is 11.8 Å². The van der Waals surface area contributed by atoms with Gasteiger partial charge in [0.15, 0.2) is 0 Å². The van der Waals surface area contributed by atoms with Crippen LogP contribution in [0.2, 0.25) is 0 Å². The van der Waals surface area contributed by atoms with Gasteiger partial charge in [0.2, 0.25) is 5.91 Å². The van der Waals surface area contributed by atoms with E-state index in [9.17, 15) is 14.4 Å². The average Bonchev–Trinajstić information content (AvgIpc) is 2.33. The summed E-state index contributed by atoms with van der Waals surface area (Å²) in [5.41, 5.74) is -0.854. The normalized spacial score (nSPS) is 23.8. The number of amides is 3. The third-order valence-corrected chi connectivity index (χ3v) is 4.71. The Bertz CT molecular complexity index is 471. The van der Waals surface area contributed by atoms with Crippen LogP contribution in [0.15, 0.2) is 0 Å². The molecule has 3 amide bonds. The quantitative estimate of drug-likeness (QED) is 0.795. The summed E-state index contributed by atoms with van der Waals surface area (Å²) in [6.45, 7) is 7.09. The molecule has 0 spiro atoms. The molecule has 2 rings (SSSR count). The molecule has 7 nitrogen and oxygen atoms in total. The molecule has 0 saturated carbocycles. The number of piperazine rings is 1. The maximum atomic E-state index is 12.5. The molecule has 2 saturated heterocycles. The van der Waals surface area contributed by atoms with Crippen molar-refractivity contribution in [2.45, 2.75) is 26.3 Å². The number of nitrogens with zero attached hydrogens (tertiary/aromatic N) is 3. The first-order valence-corrected chi connectivity index (χ1v) is 7.21. The van der Waals surface area contributed by atoms with Gasteiger partial charge in [0, 0.05) is 39.1 Å². The number of carboxylic acid groups (broad SMARTS) is 1. The van der Waals surface area contributed by atoms with Crippen molar-refractivity contribution in [3.8, 4) is 0 Å². The molecule has 2 heterocycles. The van der Waals surface area contributed by atoms with Crippen molar-refractivity contribution in [2.75, 3.05) is 33.2 Å². The predicted molar refractivity (Wildman–Crippen MR) is 75.7 cm³/mol. The van der Waals surface area contributed by atoms with Crippen LogP contribution in [0.1, 0.15) is 20.8 Å². The van der Waals surface area contributed by atoms with Gasteiger partial charge < -0.3 is 19.8 Å². The zero-order chi connectivity index (χ0) is 15.9. The van der Waals surface area contributed by atoms with Gasteiger partial charge in [-0.1, -0.05) is 6.92 Å². The number of hydrogen-bond donors (Lipinski definition) is 1. The Morgan fingerprint density at radius 3 is 2.38 bits per heavy atom. The van der Waals surface area contributed by atoms with E-state index in [-0.39, 0.29) is 17.9 Å². The maximum absolute atomic E-state index is 12.5. The van der Waals surface area contributed by atoms with E-state index in [1.165, 1.54) is 0 Å². The summed E-state index contributed by atoms with van der Waals surface area (Å²) in [6, 6.07) is -0.171. The molecule has 1 atom stereocenters. The Kier molecular flexibility index (Phi) is 3.86. The topological polar surface area (TPSA) is 81.2 Å². The second-order valence-corrected chi connectivity index (χ2v) is 6.51. The van der Waals surface area contributed by atoms with Crippen molar-refractivity contribution >= 4 is 17.9 Å². The Hall–Kier alpha value is -1.79. The lowest BCUT2D eigenvalue weighted by Gasteiger charge is -2.50. The fourth-order valence-corrected chi connectivity index (χ4v) is 2.91. The first kappa shape index (κ1) is 15.6. The zero-order valence-corrected chi connectivity index (χ0v) is 13.0. The third-order valence-electron chi connectivity index (χ3n) is 4.71. The zero-order valence-electron chi connectivity index (χ0n) is 13.0. The molecule has 1 N–H and O–H groups in total. The highest BCUT2D eigenvalue weighted by atomic mass is 16.4. The van der Waals surface area contributed by atoms with Crippen molar-refractivity contribution in [3.05, 3.63) is 0 Å². The molecule has 2 aliphatic heterocycles. The highest BCUT2D eigenvalue weighted by Crippen LogP contribution is 2.29. The Morgan fingerprint density at radius 2 is 1.86 bits per heavy atom. The first-order valence-electron chi connectivity index (χ1n) is 7.21. The monoisotopic (exact) mass is 297 g/mol. The largest absolute Gasteiger partial charge is 0.481 e. The van der Waals surface area contributed by atoms with E-state index in [0.29, 0.717) is 26.2 Å². The van der Waals surface area contributed by atoms with Crippen LogP contribution >= 0.6 is 0 Å². The minimum Gasteiger partial charge on any atom is -0.481 e. The third kappa shape index (κ3) is 2.56. The van der Waals surface area contributed by atoms with Crippen LogP contribution in [-0.2, 0) is 9.59 Å². The minimum atomic E-state index is -0.854. The maximum Gasteiger partial charge on any atom is 0.320 e. The number of likely N-dealkylation sites (N-methyl/N-ethyl adjacent to an activating group) is 1. The van der Waals surface area contributed by atoms with Gasteiger partial charge in [-0.3, -0.25) is 9.59 Å². The molecule has 0 aliphatic carbocycles. The lowest BCUT2D eigenvalue weighted by molar-refractivity contribution is -0.146. The fourth-order valence-electron chi connectivity index (χ4n) is 2.91. The van der Waals surface area contributed by atoms with Gasteiger partial charge in [0.05, 0.1) is 5.92 Å². The van der Waals surface area contributed by atoms with Crippen molar-refractivity contribution < 1.29 is 19.5 Å². The second kappa shape index (κ2) is 5.20. The minimum absolute atomic E-state index is 0.00210. The summed E-state index contributed by atoms with van der Waals surface area (Å²) in [5, 5.41) is 8.97. The van der Waals surface area contributed by atoms with Crippen LogP contribution < -0.4 is 0 Å². The van der Waals surface area contributed by atoms with E-state index in [4.69, 9.17) is 5.11 Å². The Balaban J connectivity index is 1.99. The van der Waals surface area contributed by atoms with E-state index in [1.54, 1.807) is 42.5 Å². The molecular formula is C14H23N3O4.